The number of ether oxygens (including phenoxy) is 1. The summed E-state index contributed by atoms with van der Waals surface area (Å²) in [4.78, 5) is 17.0. The number of para-hydroxylation sites is 1. The standard InChI is InChI=1S/C18H19N5O2S/c1-10-12-5-3-4-6-13(12)20-14(15(10)17(24)25-2)9-26-18-22-21-16(23(18)19)11-7-8-11/h3-6,11H,7-9,19H2,1-2H3. The number of nitrogen functional groups attached to an aromatic ring is 1. The molecule has 0 bridgehead atoms. The first-order valence-corrected chi connectivity index (χ1v) is 9.38. The number of carbonyl (C=O) groups excluding carboxylic acids is 1. The number of methoxy groups -OCH3 is 1. The van der Waals surface area contributed by atoms with Gasteiger partial charge in [0.15, 0.2) is 5.82 Å². The van der Waals surface area contributed by atoms with E-state index in [9.17, 15) is 4.79 Å². The number of esters is 1. The number of hydrogen-bond donors (Lipinski definition) is 1. The Balaban J connectivity index is 1.69. The Kier molecular flexibility index (Phi) is 4.28. The van der Waals surface area contributed by atoms with Gasteiger partial charge in [-0.2, -0.15) is 0 Å². The molecule has 8 heteroatoms. The van der Waals surface area contributed by atoms with Gasteiger partial charge < -0.3 is 10.6 Å². The van der Waals surface area contributed by atoms with E-state index in [1.165, 1.54) is 18.9 Å². The minimum absolute atomic E-state index is 0.385. The molecule has 0 spiro atoms. The van der Waals surface area contributed by atoms with Gasteiger partial charge in [0.2, 0.25) is 5.16 Å². The van der Waals surface area contributed by atoms with Crippen molar-refractivity contribution in [1.29, 1.82) is 0 Å². The van der Waals surface area contributed by atoms with Gasteiger partial charge in [0.05, 0.1) is 23.9 Å². The molecule has 1 saturated carbocycles. The number of hydrogen-bond acceptors (Lipinski definition) is 7. The molecule has 1 fully saturated rings. The lowest BCUT2D eigenvalue weighted by atomic mass is 10.0. The van der Waals surface area contributed by atoms with Gasteiger partial charge in [-0.05, 0) is 31.4 Å². The SMILES string of the molecule is COC(=O)c1c(CSc2nnc(C3CC3)n2N)nc2ccccc2c1C. The van der Waals surface area contributed by atoms with Gasteiger partial charge in [0.25, 0.3) is 0 Å². The lowest BCUT2D eigenvalue weighted by Crippen LogP contribution is -2.14. The average Bonchev–Trinajstić information content (AvgIpc) is 3.43. The number of thioether (sulfide) groups is 1. The maximum Gasteiger partial charge on any atom is 0.340 e. The fourth-order valence-electron chi connectivity index (χ4n) is 3.06. The summed E-state index contributed by atoms with van der Waals surface area (Å²) in [5.74, 6) is 7.43. The van der Waals surface area contributed by atoms with Crippen LogP contribution < -0.4 is 5.84 Å². The fourth-order valence-corrected chi connectivity index (χ4v) is 3.86. The van der Waals surface area contributed by atoms with Gasteiger partial charge in [-0.25, -0.2) is 9.47 Å². The van der Waals surface area contributed by atoms with E-state index >= 15 is 0 Å². The number of pyridine rings is 1. The highest BCUT2D eigenvalue weighted by Crippen LogP contribution is 2.39. The van der Waals surface area contributed by atoms with Crippen LogP contribution in [-0.2, 0) is 10.5 Å². The van der Waals surface area contributed by atoms with E-state index in [2.05, 4.69) is 15.2 Å². The molecule has 2 heterocycles. The Morgan fingerprint density at radius 2 is 2.12 bits per heavy atom. The van der Waals surface area contributed by atoms with Crippen LogP contribution in [0.1, 0.15) is 46.2 Å². The molecule has 2 aromatic heterocycles. The topological polar surface area (TPSA) is 95.9 Å². The third kappa shape index (κ3) is 2.90. The number of nitrogens with zero attached hydrogens (tertiary/aromatic N) is 4. The Hall–Kier alpha value is -2.61. The second-order valence-electron chi connectivity index (χ2n) is 6.34. The number of nitrogens with two attached hydrogens (primary N) is 1. The van der Waals surface area contributed by atoms with E-state index in [1.807, 2.05) is 31.2 Å². The minimum Gasteiger partial charge on any atom is -0.465 e. The van der Waals surface area contributed by atoms with E-state index in [0.717, 1.165) is 35.1 Å². The molecule has 0 amide bonds. The molecular formula is C18H19N5O2S. The first-order valence-electron chi connectivity index (χ1n) is 8.40. The summed E-state index contributed by atoms with van der Waals surface area (Å²) in [7, 11) is 1.38. The lowest BCUT2D eigenvalue weighted by molar-refractivity contribution is 0.0598. The molecule has 0 aliphatic heterocycles. The van der Waals surface area contributed by atoms with E-state index in [0.29, 0.717) is 28.1 Å². The summed E-state index contributed by atoms with van der Waals surface area (Å²) >= 11 is 1.42. The van der Waals surface area contributed by atoms with Crippen molar-refractivity contribution in [3.63, 3.8) is 0 Å². The number of benzene rings is 1. The van der Waals surface area contributed by atoms with Crippen LogP contribution >= 0.6 is 11.8 Å². The van der Waals surface area contributed by atoms with E-state index in [1.54, 1.807) is 4.68 Å². The van der Waals surface area contributed by atoms with Crippen molar-refractivity contribution in [2.75, 3.05) is 13.0 Å². The van der Waals surface area contributed by atoms with E-state index in [-0.39, 0.29) is 5.97 Å². The maximum atomic E-state index is 12.3. The Labute approximate surface area is 154 Å². The van der Waals surface area contributed by atoms with Crippen molar-refractivity contribution in [3.8, 4) is 0 Å². The summed E-state index contributed by atoms with van der Waals surface area (Å²) in [6.45, 7) is 1.92. The van der Waals surface area contributed by atoms with Crippen LogP contribution in [0.3, 0.4) is 0 Å². The Bertz CT molecular complexity index is 997. The molecule has 0 radical (unpaired) electrons. The largest absolute Gasteiger partial charge is 0.465 e. The maximum absolute atomic E-state index is 12.3. The van der Waals surface area contributed by atoms with Gasteiger partial charge in [0, 0.05) is 17.1 Å². The summed E-state index contributed by atoms with van der Waals surface area (Å²) in [6, 6.07) is 7.76. The second-order valence-corrected chi connectivity index (χ2v) is 7.28. The molecule has 0 atom stereocenters. The van der Waals surface area contributed by atoms with Crippen molar-refractivity contribution < 1.29 is 9.53 Å². The number of aromatic nitrogens is 4. The molecule has 1 aromatic carbocycles. The zero-order valence-electron chi connectivity index (χ0n) is 14.6. The van der Waals surface area contributed by atoms with Crippen LogP contribution in [0.4, 0.5) is 0 Å². The normalized spacial score (nSPS) is 13.9. The second kappa shape index (κ2) is 6.60. The quantitative estimate of drug-likeness (QED) is 0.420. The number of rotatable bonds is 5. The summed E-state index contributed by atoms with van der Waals surface area (Å²) in [5, 5.41) is 9.93. The number of aryl methyl sites for hydroxylation is 1. The first kappa shape index (κ1) is 16.8. The van der Waals surface area contributed by atoms with Crippen molar-refractivity contribution in [1.82, 2.24) is 19.9 Å². The van der Waals surface area contributed by atoms with Crippen molar-refractivity contribution in [3.05, 3.63) is 46.9 Å². The van der Waals surface area contributed by atoms with Gasteiger partial charge >= 0.3 is 5.97 Å². The van der Waals surface area contributed by atoms with Crippen LogP contribution in [-0.4, -0.2) is 32.9 Å². The van der Waals surface area contributed by atoms with Crippen LogP contribution in [0.2, 0.25) is 0 Å². The Morgan fingerprint density at radius 3 is 2.85 bits per heavy atom. The molecule has 0 saturated heterocycles. The summed E-state index contributed by atoms with van der Waals surface area (Å²) in [6.07, 6.45) is 2.22. The fraction of sp³-hybridized carbons (Fsp3) is 0.333. The third-order valence-electron chi connectivity index (χ3n) is 4.59. The zero-order chi connectivity index (χ0) is 18.3. The Morgan fingerprint density at radius 1 is 1.35 bits per heavy atom. The molecular weight excluding hydrogens is 350 g/mol. The van der Waals surface area contributed by atoms with Gasteiger partial charge in [0.1, 0.15) is 0 Å². The van der Waals surface area contributed by atoms with Crippen LogP contribution in [0.5, 0.6) is 0 Å². The molecule has 134 valence electrons. The zero-order valence-corrected chi connectivity index (χ0v) is 15.4. The van der Waals surface area contributed by atoms with Crippen LogP contribution in [0, 0.1) is 6.92 Å². The van der Waals surface area contributed by atoms with Crippen LogP contribution in [0.15, 0.2) is 29.4 Å². The molecule has 26 heavy (non-hydrogen) atoms. The smallest absolute Gasteiger partial charge is 0.340 e. The summed E-state index contributed by atoms with van der Waals surface area (Å²) < 4.78 is 6.53. The molecule has 7 nitrogen and oxygen atoms in total. The van der Waals surface area contributed by atoms with Crippen molar-refractivity contribution in [2.24, 2.45) is 0 Å². The van der Waals surface area contributed by atoms with E-state index < -0.39 is 0 Å². The van der Waals surface area contributed by atoms with Gasteiger partial charge in [-0.15, -0.1) is 10.2 Å². The van der Waals surface area contributed by atoms with Crippen molar-refractivity contribution >= 4 is 28.6 Å². The molecule has 1 aliphatic carbocycles. The third-order valence-corrected chi connectivity index (χ3v) is 5.54. The first-order chi connectivity index (χ1) is 12.6. The highest BCUT2D eigenvalue weighted by atomic mass is 32.2. The monoisotopic (exact) mass is 369 g/mol. The lowest BCUT2D eigenvalue weighted by Gasteiger charge is -2.13. The summed E-state index contributed by atoms with van der Waals surface area (Å²) in [5.41, 5.74) is 2.88. The molecule has 0 unspecified atom stereocenters. The molecule has 1 aliphatic rings. The van der Waals surface area contributed by atoms with Crippen molar-refractivity contribution in [2.45, 2.75) is 36.6 Å². The minimum atomic E-state index is -0.385. The van der Waals surface area contributed by atoms with E-state index in [4.69, 9.17) is 10.6 Å². The number of carbonyl (C=O) groups is 1. The van der Waals surface area contributed by atoms with Gasteiger partial charge in [-0.3, -0.25) is 4.98 Å². The number of fused-ring (bicyclic) bond motifs is 1. The average molecular weight is 369 g/mol. The predicted molar refractivity (Wildman–Crippen MR) is 99.5 cm³/mol. The molecule has 3 aromatic rings. The predicted octanol–water partition coefficient (Wildman–Crippen LogP) is 2.80. The molecule has 2 N–H and O–H groups in total. The molecule has 4 rings (SSSR count). The van der Waals surface area contributed by atoms with Gasteiger partial charge in [-0.1, -0.05) is 30.0 Å². The highest BCUT2D eigenvalue weighted by molar-refractivity contribution is 7.98. The highest BCUT2D eigenvalue weighted by Gasteiger charge is 2.30. The van der Waals surface area contributed by atoms with Crippen LogP contribution in [0.25, 0.3) is 10.9 Å².